The van der Waals surface area contributed by atoms with Crippen LogP contribution in [0.5, 0.6) is 0 Å². The van der Waals surface area contributed by atoms with Gasteiger partial charge in [0.1, 0.15) is 12.6 Å². The number of nitrogens with two attached hydrogens (primary N) is 1. The van der Waals surface area contributed by atoms with Crippen molar-refractivity contribution in [3.63, 3.8) is 0 Å². The first-order valence-corrected chi connectivity index (χ1v) is 22.5. The van der Waals surface area contributed by atoms with Gasteiger partial charge < -0.3 is 25.2 Å². The number of phosphoric ester groups is 1. The van der Waals surface area contributed by atoms with E-state index in [1.54, 1.807) is 0 Å². The Bertz CT molecular complexity index is 1060. The zero-order chi connectivity index (χ0) is 40.0. The second kappa shape index (κ2) is 37.6. The molecule has 0 spiro atoms. The van der Waals surface area contributed by atoms with Gasteiger partial charge in [-0.1, -0.05) is 153 Å². The van der Waals surface area contributed by atoms with E-state index in [4.69, 9.17) is 24.8 Å². The van der Waals surface area contributed by atoms with E-state index in [9.17, 15) is 23.8 Å². The molecular weight excluding hydrogens is 709 g/mol. The molecular formula is C42H76NO10P. The molecule has 0 aliphatic carbocycles. The van der Waals surface area contributed by atoms with E-state index in [2.05, 4.69) is 54.8 Å². The summed E-state index contributed by atoms with van der Waals surface area (Å²) in [4.78, 5) is 45.9. The molecule has 1 unspecified atom stereocenters. The second-order valence-electron chi connectivity index (χ2n) is 14.1. The second-order valence-corrected chi connectivity index (χ2v) is 15.6. The maximum atomic E-state index is 12.6. The molecule has 0 rings (SSSR count). The van der Waals surface area contributed by atoms with Gasteiger partial charge in [-0.2, -0.15) is 0 Å². The van der Waals surface area contributed by atoms with Crippen LogP contribution in [-0.4, -0.2) is 59.9 Å². The molecule has 0 aromatic rings. The van der Waals surface area contributed by atoms with Gasteiger partial charge >= 0.3 is 25.7 Å². The average Bonchev–Trinajstić information content (AvgIpc) is 3.14. The number of hydrogen-bond donors (Lipinski definition) is 3. The van der Waals surface area contributed by atoms with Crippen LogP contribution in [0.4, 0.5) is 0 Å². The Balaban J connectivity index is 4.41. The molecule has 0 aromatic carbocycles. The number of phosphoric acid groups is 1. The molecule has 12 heteroatoms. The maximum Gasteiger partial charge on any atom is 0.472 e. The number of carbonyl (C=O) groups excluding carboxylic acids is 2. The molecule has 0 bridgehead atoms. The molecule has 0 fully saturated rings. The van der Waals surface area contributed by atoms with Crippen LogP contribution in [0, 0.1) is 0 Å². The predicted octanol–water partition coefficient (Wildman–Crippen LogP) is 10.8. The van der Waals surface area contributed by atoms with Crippen LogP contribution in [0.2, 0.25) is 0 Å². The molecule has 0 heterocycles. The van der Waals surface area contributed by atoms with E-state index >= 15 is 0 Å². The number of hydrogen-bond acceptors (Lipinski definition) is 9. The summed E-state index contributed by atoms with van der Waals surface area (Å²) in [5.74, 6) is -2.40. The summed E-state index contributed by atoms with van der Waals surface area (Å²) in [6.45, 7) is 2.75. The Hall–Kier alpha value is -2.30. The first-order valence-electron chi connectivity index (χ1n) is 21.0. The van der Waals surface area contributed by atoms with Crippen LogP contribution in [0.1, 0.15) is 181 Å². The van der Waals surface area contributed by atoms with Gasteiger partial charge in [0, 0.05) is 12.8 Å². The summed E-state index contributed by atoms with van der Waals surface area (Å²) >= 11 is 0. The standard InChI is InChI=1S/C42H76NO10P/c1-3-5-7-9-11-13-15-17-18-19-20-22-23-25-27-29-31-33-40(44)50-35-38(36-51-54(48,49)52-37-39(43)42(46)47)53-41(45)34-32-30-28-26-24-21-16-14-12-10-8-6-4-2/h11,13,17-18,20,22,38-39H,3-10,12,14-16,19,21,23-37,43H2,1-2H3,(H,46,47)(H,48,49)/b13-11+,18-17+,22-20+/t38-,39+/m1/s1. The van der Waals surface area contributed by atoms with Crippen LogP contribution in [0.25, 0.3) is 0 Å². The normalized spacial score (nSPS) is 14.1. The highest BCUT2D eigenvalue weighted by atomic mass is 31.2. The number of rotatable bonds is 39. The van der Waals surface area contributed by atoms with Crippen molar-refractivity contribution in [2.75, 3.05) is 19.8 Å². The van der Waals surface area contributed by atoms with Gasteiger partial charge in [-0.15, -0.1) is 0 Å². The SMILES string of the molecule is CCCCC/C=C/C/C=C/C/C=C/CCCCCCC(=O)OC[C@H](COP(=O)(O)OC[C@H](N)C(=O)O)OC(=O)CCCCCCCCCCCCCCC. The van der Waals surface area contributed by atoms with Crippen molar-refractivity contribution in [3.05, 3.63) is 36.5 Å². The van der Waals surface area contributed by atoms with Gasteiger partial charge in [0.2, 0.25) is 0 Å². The molecule has 3 atom stereocenters. The number of carboxylic acid groups (broad SMARTS) is 1. The molecule has 0 saturated carbocycles. The van der Waals surface area contributed by atoms with Crippen molar-refractivity contribution in [3.8, 4) is 0 Å². The lowest BCUT2D eigenvalue weighted by atomic mass is 10.0. The van der Waals surface area contributed by atoms with Gasteiger partial charge in [0.05, 0.1) is 13.2 Å². The van der Waals surface area contributed by atoms with Crippen molar-refractivity contribution in [2.45, 2.75) is 193 Å². The van der Waals surface area contributed by atoms with E-state index in [-0.39, 0.29) is 19.4 Å². The first-order chi connectivity index (χ1) is 26.1. The Labute approximate surface area is 327 Å². The zero-order valence-corrected chi connectivity index (χ0v) is 34.7. The van der Waals surface area contributed by atoms with Gasteiger partial charge in [-0.25, -0.2) is 4.57 Å². The summed E-state index contributed by atoms with van der Waals surface area (Å²) in [7, 11) is -4.72. The Morgan fingerprint density at radius 3 is 1.50 bits per heavy atom. The summed E-state index contributed by atoms with van der Waals surface area (Å²) in [5.41, 5.74) is 5.32. The van der Waals surface area contributed by atoms with Crippen molar-refractivity contribution in [1.82, 2.24) is 0 Å². The molecule has 11 nitrogen and oxygen atoms in total. The molecule has 4 N–H and O–H groups in total. The Morgan fingerprint density at radius 1 is 0.574 bits per heavy atom. The predicted molar refractivity (Wildman–Crippen MR) is 217 cm³/mol. The molecule has 54 heavy (non-hydrogen) atoms. The van der Waals surface area contributed by atoms with E-state index in [0.29, 0.717) is 12.8 Å². The van der Waals surface area contributed by atoms with Crippen LogP contribution >= 0.6 is 7.82 Å². The van der Waals surface area contributed by atoms with Gasteiger partial charge in [0.25, 0.3) is 0 Å². The number of aliphatic carboxylic acids is 1. The van der Waals surface area contributed by atoms with Crippen LogP contribution in [0.15, 0.2) is 36.5 Å². The number of unbranched alkanes of at least 4 members (excludes halogenated alkanes) is 19. The highest BCUT2D eigenvalue weighted by Crippen LogP contribution is 2.43. The van der Waals surface area contributed by atoms with E-state index in [1.807, 2.05) is 0 Å². The largest absolute Gasteiger partial charge is 0.480 e. The van der Waals surface area contributed by atoms with E-state index in [0.717, 1.165) is 57.8 Å². The number of allylic oxidation sites excluding steroid dienone is 6. The summed E-state index contributed by atoms with van der Waals surface area (Å²) in [5, 5.41) is 8.87. The highest BCUT2D eigenvalue weighted by molar-refractivity contribution is 7.47. The summed E-state index contributed by atoms with van der Waals surface area (Å²) < 4.78 is 32.6. The lowest BCUT2D eigenvalue weighted by Gasteiger charge is -2.20. The van der Waals surface area contributed by atoms with Crippen LogP contribution < -0.4 is 5.73 Å². The van der Waals surface area contributed by atoms with Crippen molar-refractivity contribution < 1.29 is 47.5 Å². The fraction of sp³-hybridized carbons (Fsp3) is 0.786. The molecule has 0 radical (unpaired) electrons. The Morgan fingerprint density at radius 2 is 0.981 bits per heavy atom. The summed E-state index contributed by atoms with van der Waals surface area (Å²) in [6, 6.07) is -1.52. The number of ether oxygens (including phenoxy) is 2. The number of esters is 2. The molecule has 0 aliphatic rings. The fourth-order valence-electron chi connectivity index (χ4n) is 5.54. The minimum atomic E-state index is -4.72. The van der Waals surface area contributed by atoms with Crippen molar-refractivity contribution in [1.29, 1.82) is 0 Å². The third-order valence-corrected chi connectivity index (χ3v) is 9.84. The van der Waals surface area contributed by atoms with Crippen LogP contribution in [-0.2, 0) is 37.5 Å². The van der Waals surface area contributed by atoms with Crippen molar-refractivity contribution in [2.24, 2.45) is 5.73 Å². The quantitative estimate of drug-likeness (QED) is 0.0234. The van der Waals surface area contributed by atoms with E-state index in [1.165, 1.54) is 83.5 Å². The third kappa shape index (κ3) is 36.7. The minimum Gasteiger partial charge on any atom is -0.480 e. The summed E-state index contributed by atoms with van der Waals surface area (Å²) in [6.07, 6.45) is 39.2. The van der Waals surface area contributed by atoms with Crippen molar-refractivity contribution >= 4 is 25.7 Å². The lowest BCUT2D eigenvalue weighted by molar-refractivity contribution is -0.161. The molecule has 0 aromatic heterocycles. The monoisotopic (exact) mass is 786 g/mol. The molecule has 314 valence electrons. The number of carbonyl (C=O) groups is 3. The van der Waals surface area contributed by atoms with Crippen LogP contribution in [0.3, 0.4) is 0 Å². The molecule has 0 aliphatic heterocycles. The maximum absolute atomic E-state index is 12.6. The van der Waals surface area contributed by atoms with Gasteiger partial charge in [-0.3, -0.25) is 23.4 Å². The number of carboxylic acids is 1. The highest BCUT2D eigenvalue weighted by Gasteiger charge is 2.28. The van der Waals surface area contributed by atoms with Gasteiger partial charge in [-0.05, 0) is 51.4 Å². The average molecular weight is 786 g/mol. The molecule has 0 saturated heterocycles. The minimum absolute atomic E-state index is 0.158. The fourth-order valence-corrected chi connectivity index (χ4v) is 6.32. The van der Waals surface area contributed by atoms with E-state index < -0.39 is 51.1 Å². The Kier molecular flexibility index (Phi) is 36.0. The third-order valence-electron chi connectivity index (χ3n) is 8.89. The van der Waals surface area contributed by atoms with Gasteiger partial charge in [0.15, 0.2) is 6.10 Å². The smallest absolute Gasteiger partial charge is 0.472 e. The first kappa shape index (κ1) is 51.7. The topological polar surface area (TPSA) is 172 Å². The molecule has 0 amide bonds. The zero-order valence-electron chi connectivity index (χ0n) is 33.8. The lowest BCUT2D eigenvalue weighted by Crippen LogP contribution is -2.34.